The lowest BCUT2D eigenvalue weighted by atomic mass is 10.3. The van der Waals surface area contributed by atoms with Gasteiger partial charge in [0.1, 0.15) is 0 Å². The summed E-state index contributed by atoms with van der Waals surface area (Å²) in [6.45, 7) is 0. The first kappa shape index (κ1) is 9.02. The molecule has 0 aromatic carbocycles. The second kappa shape index (κ2) is 4.08. The standard InChI is InChI=1S/C7H7NO3S/c9-7(10)3-5-1-2-6(12-11)4-8-5/h1-2,4,11H,3H2,(H,9,10). The summed E-state index contributed by atoms with van der Waals surface area (Å²) in [6, 6.07) is 3.20. The highest BCUT2D eigenvalue weighted by atomic mass is 32.2. The SMILES string of the molecule is O=C(O)Cc1ccc(SO)cn1. The van der Waals surface area contributed by atoms with Gasteiger partial charge in [-0.25, -0.2) is 0 Å². The Kier molecular flexibility index (Phi) is 3.07. The molecule has 0 aliphatic heterocycles. The van der Waals surface area contributed by atoms with E-state index in [0.29, 0.717) is 22.6 Å². The van der Waals surface area contributed by atoms with Gasteiger partial charge in [0, 0.05) is 18.2 Å². The zero-order chi connectivity index (χ0) is 8.97. The number of nitrogens with zero attached hydrogens (tertiary/aromatic N) is 1. The van der Waals surface area contributed by atoms with Gasteiger partial charge in [-0.05, 0) is 12.1 Å². The molecule has 1 aromatic heterocycles. The van der Waals surface area contributed by atoms with Gasteiger partial charge in [-0.2, -0.15) is 0 Å². The van der Waals surface area contributed by atoms with E-state index in [-0.39, 0.29) is 6.42 Å². The third-order valence-corrected chi connectivity index (χ3v) is 1.69. The molecule has 1 aromatic rings. The minimum atomic E-state index is -0.910. The van der Waals surface area contributed by atoms with Crippen molar-refractivity contribution < 1.29 is 14.5 Å². The summed E-state index contributed by atoms with van der Waals surface area (Å²) in [6.07, 6.45) is 1.35. The molecule has 12 heavy (non-hydrogen) atoms. The third-order valence-electron chi connectivity index (χ3n) is 1.24. The predicted octanol–water partition coefficient (Wildman–Crippen LogP) is 1.27. The molecule has 0 amide bonds. The Morgan fingerprint density at radius 3 is 2.75 bits per heavy atom. The van der Waals surface area contributed by atoms with Gasteiger partial charge in [0.15, 0.2) is 0 Å². The molecule has 0 saturated heterocycles. The largest absolute Gasteiger partial charge is 0.481 e. The van der Waals surface area contributed by atoms with Crippen LogP contribution in [0.25, 0.3) is 0 Å². The second-order valence-corrected chi connectivity index (χ2v) is 2.80. The van der Waals surface area contributed by atoms with Crippen LogP contribution in [0.2, 0.25) is 0 Å². The molecule has 0 bridgehead atoms. The summed E-state index contributed by atoms with van der Waals surface area (Å²) < 4.78 is 8.57. The van der Waals surface area contributed by atoms with Gasteiger partial charge in [-0.3, -0.25) is 9.78 Å². The van der Waals surface area contributed by atoms with Crippen LogP contribution in [0.15, 0.2) is 23.2 Å². The lowest BCUT2D eigenvalue weighted by molar-refractivity contribution is -0.136. The summed E-state index contributed by atoms with van der Waals surface area (Å²) >= 11 is 0.586. The van der Waals surface area contributed by atoms with Crippen LogP contribution in [0.4, 0.5) is 0 Å². The fourth-order valence-corrected chi connectivity index (χ4v) is 0.953. The summed E-state index contributed by atoms with van der Waals surface area (Å²) in [5.41, 5.74) is 0.486. The highest BCUT2D eigenvalue weighted by Gasteiger charge is 2.01. The first-order chi connectivity index (χ1) is 5.72. The molecule has 0 aliphatic rings. The molecule has 0 atom stereocenters. The summed E-state index contributed by atoms with van der Waals surface area (Å²) in [5, 5.41) is 8.40. The molecule has 0 radical (unpaired) electrons. The monoisotopic (exact) mass is 185 g/mol. The molecule has 0 unspecified atom stereocenters. The summed E-state index contributed by atoms with van der Waals surface area (Å²) in [4.78, 5) is 14.7. The van der Waals surface area contributed by atoms with E-state index in [1.54, 1.807) is 12.1 Å². The van der Waals surface area contributed by atoms with Crippen molar-refractivity contribution in [2.45, 2.75) is 11.3 Å². The van der Waals surface area contributed by atoms with Crippen molar-refractivity contribution >= 4 is 18.0 Å². The van der Waals surface area contributed by atoms with E-state index in [1.807, 2.05) is 0 Å². The quantitative estimate of drug-likeness (QED) is 0.694. The van der Waals surface area contributed by atoms with Crippen LogP contribution in [0.3, 0.4) is 0 Å². The van der Waals surface area contributed by atoms with Crippen molar-refractivity contribution in [3.05, 3.63) is 24.0 Å². The Labute approximate surface area is 73.5 Å². The molecule has 0 spiro atoms. The lowest BCUT2D eigenvalue weighted by Gasteiger charge is -1.96. The van der Waals surface area contributed by atoms with Crippen molar-refractivity contribution in [2.24, 2.45) is 0 Å². The third kappa shape index (κ3) is 2.52. The molecule has 0 saturated carbocycles. The minimum Gasteiger partial charge on any atom is -0.481 e. The summed E-state index contributed by atoms with van der Waals surface area (Å²) in [5.74, 6) is -0.910. The lowest BCUT2D eigenvalue weighted by Crippen LogP contribution is -2.01. The van der Waals surface area contributed by atoms with E-state index in [4.69, 9.17) is 9.66 Å². The number of rotatable bonds is 3. The molecule has 0 fully saturated rings. The van der Waals surface area contributed by atoms with Gasteiger partial charge in [0.25, 0.3) is 0 Å². The number of carbonyl (C=O) groups is 1. The van der Waals surface area contributed by atoms with Gasteiger partial charge in [-0.1, -0.05) is 0 Å². The molecule has 1 rings (SSSR count). The normalized spacial score (nSPS) is 9.75. The maximum absolute atomic E-state index is 10.2. The van der Waals surface area contributed by atoms with Crippen LogP contribution in [0.1, 0.15) is 5.69 Å². The average molecular weight is 185 g/mol. The molecular formula is C7H7NO3S. The van der Waals surface area contributed by atoms with Gasteiger partial charge in [0.2, 0.25) is 0 Å². The Balaban J connectivity index is 2.71. The van der Waals surface area contributed by atoms with Crippen molar-refractivity contribution in [3.8, 4) is 0 Å². The number of carboxylic acids is 1. The first-order valence-electron chi connectivity index (χ1n) is 3.20. The Morgan fingerprint density at radius 1 is 1.58 bits per heavy atom. The van der Waals surface area contributed by atoms with Gasteiger partial charge in [-0.15, -0.1) is 0 Å². The summed E-state index contributed by atoms with van der Waals surface area (Å²) in [7, 11) is 0. The Hall–Kier alpha value is -1.07. The van der Waals surface area contributed by atoms with Crippen LogP contribution < -0.4 is 0 Å². The van der Waals surface area contributed by atoms with Gasteiger partial charge < -0.3 is 9.66 Å². The highest BCUT2D eigenvalue weighted by molar-refractivity contribution is 7.93. The number of carboxylic acid groups (broad SMARTS) is 1. The maximum atomic E-state index is 10.2. The Bertz CT molecular complexity index is 272. The minimum absolute atomic E-state index is 0.0869. The average Bonchev–Trinajstić information content (AvgIpc) is 2.05. The van der Waals surface area contributed by atoms with Crippen LogP contribution >= 0.6 is 12.0 Å². The van der Waals surface area contributed by atoms with Crippen LogP contribution in [0, 0.1) is 0 Å². The topological polar surface area (TPSA) is 70.4 Å². The molecular weight excluding hydrogens is 178 g/mol. The van der Waals surface area contributed by atoms with Gasteiger partial charge in [0.05, 0.1) is 17.0 Å². The van der Waals surface area contributed by atoms with Crippen molar-refractivity contribution in [3.63, 3.8) is 0 Å². The molecule has 1 heterocycles. The fraction of sp³-hybridized carbons (Fsp3) is 0.143. The Morgan fingerprint density at radius 2 is 2.33 bits per heavy atom. The number of aromatic nitrogens is 1. The van der Waals surface area contributed by atoms with E-state index in [9.17, 15) is 4.79 Å². The van der Waals surface area contributed by atoms with Crippen LogP contribution in [-0.4, -0.2) is 20.6 Å². The number of hydrogen-bond acceptors (Lipinski definition) is 4. The number of hydrogen-bond donors (Lipinski definition) is 2. The van der Waals surface area contributed by atoms with Crippen molar-refractivity contribution in [1.29, 1.82) is 0 Å². The van der Waals surface area contributed by atoms with Crippen molar-refractivity contribution in [1.82, 2.24) is 4.98 Å². The number of aliphatic carboxylic acids is 1. The van der Waals surface area contributed by atoms with Gasteiger partial charge >= 0.3 is 5.97 Å². The molecule has 0 aliphatic carbocycles. The van der Waals surface area contributed by atoms with E-state index in [1.165, 1.54) is 6.20 Å². The second-order valence-electron chi connectivity index (χ2n) is 2.15. The predicted molar refractivity (Wildman–Crippen MR) is 44.1 cm³/mol. The smallest absolute Gasteiger partial charge is 0.309 e. The van der Waals surface area contributed by atoms with E-state index in [0.717, 1.165) is 0 Å². The van der Waals surface area contributed by atoms with Crippen LogP contribution in [-0.2, 0) is 11.2 Å². The maximum Gasteiger partial charge on any atom is 0.309 e. The van der Waals surface area contributed by atoms with E-state index < -0.39 is 5.97 Å². The first-order valence-corrected chi connectivity index (χ1v) is 3.98. The van der Waals surface area contributed by atoms with Crippen LogP contribution in [0.5, 0.6) is 0 Å². The molecule has 64 valence electrons. The highest BCUT2D eigenvalue weighted by Crippen LogP contribution is 2.12. The number of pyridine rings is 1. The molecule has 5 heteroatoms. The zero-order valence-corrected chi connectivity index (χ0v) is 6.91. The van der Waals surface area contributed by atoms with E-state index >= 15 is 0 Å². The van der Waals surface area contributed by atoms with Crippen molar-refractivity contribution in [2.75, 3.05) is 0 Å². The van der Waals surface area contributed by atoms with E-state index in [2.05, 4.69) is 4.98 Å². The molecule has 2 N–H and O–H groups in total. The molecule has 4 nitrogen and oxygen atoms in total. The zero-order valence-electron chi connectivity index (χ0n) is 6.10. The fourth-order valence-electron chi connectivity index (χ4n) is 0.724.